The lowest BCUT2D eigenvalue weighted by Crippen LogP contribution is -2.31. The van der Waals surface area contributed by atoms with Gasteiger partial charge in [-0.25, -0.2) is 0 Å². The van der Waals surface area contributed by atoms with Crippen molar-refractivity contribution in [3.8, 4) is 5.75 Å². The highest BCUT2D eigenvalue weighted by molar-refractivity contribution is 6.20. The molecule has 7 heteroatoms. The van der Waals surface area contributed by atoms with Gasteiger partial charge in [-0.05, 0) is 42.0 Å². The van der Waals surface area contributed by atoms with Crippen molar-refractivity contribution in [2.75, 3.05) is 12.0 Å². The molecule has 0 radical (unpaired) electrons. The topological polar surface area (TPSA) is 92.9 Å². The summed E-state index contributed by atoms with van der Waals surface area (Å²) in [6.07, 6.45) is 4.49. The normalized spacial score (nSPS) is 16.5. The zero-order valence-corrected chi connectivity index (χ0v) is 14.9. The lowest BCUT2D eigenvalue weighted by Gasteiger charge is -2.26. The van der Waals surface area contributed by atoms with Gasteiger partial charge in [-0.2, -0.15) is 0 Å². The molecule has 0 saturated heterocycles. The zero-order valence-electron chi connectivity index (χ0n) is 14.9. The zero-order chi connectivity index (χ0) is 19.7. The molecule has 7 nitrogen and oxygen atoms in total. The van der Waals surface area contributed by atoms with E-state index < -0.39 is 23.5 Å². The van der Waals surface area contributed by atoms with Crippen molar-refractivity contribution in [1.82, 2.24) is 4.98 Å². The van der Waals surface area contributed by atoms with Crippen molar-refractivity contribution < 1.29 is 23.8 Å². The van der Waals surface area contributed by atoms with Gasteiger partial charge in [0.1, 0.15) is 5.75 Å². The molecule has 0 fully saturated rings. The number of anilines is 1. The van der Waals surface area contributed by atoms with Gasteiger partial charge in [0.25, 0.3) is 5.91 Å². The molecule has 1 amide bonds. The molecule has 0 aliphatic carbocycles. The number of nitrogens with zero attached hydrogens (tertiary/aromatic N) is 2. The molecule has 4 rings (SSSR count). The molecule has 0 saturated carbocycles. The van der Waals surface area contributed by atoms with Crippen molar-refractivity contribution in [1.29, 1.82) is 0 Å². The fraction of sp³-hybridized carbons (Fsp3) is 0.0952. The fourth-order valence-corrected chi connectivity index (χ4v) is 3.27. The summed E-state index contributed by atoms with van der Waals surface area (Å²) in [5.41, 5.74) is 1.07. The van der Waals surface area contributed by atoms with Crippen LogP contribution >= 0.6 is 0 Å². The van der Waals surface area contributed by atoms with Crippen molar-refractivity contribution >= 4 is 17.4 Å². The largest absolute Gasteiger partial charge is 0.503 e. The molecule has 2 aromatic heterocycles. The van der Waals surface area contributed by atoms with E-state index in [9.17, 15) is 14.7 Å². The third-order valence-electron chi connectivity index (χ3n) is 4.55. The molecule has 1 atom stereocenters. The number of carbonyl (C=O) groups excluding carboxylic acids is 2. The summed E-state index contributed by atoms with van der Waals surface area (Å²) >= 11 is 0. The Balaban J connectivity index is 1.88. The Morgan fingerprint density at radius 2 is 1.96 bits per heavy atom. The monoisotopic (exact) mass is 376 g/mol. The third-order valence-corrected chi connectivity index (χ3v) is 4.55. The van der Waals surface area contributed by atoms with Crippen LogP contribution in [0.5, 0.6) is 5.75 Å². The number of ether oxygens (including phenoxy) is 1. The Labute approximate surface area is 160 Å². The van der Waals surface area contributed by atoms with Gasteiger partial charge in [0.15, 0.2) is 11.5 Å². The minimum absolute atomic E-state index is 0.0425. The molecule has 1 aromatic carbocycles. The van der Waals surface area contributed by atoms with Gasteiger partial charge in [-0.1, -0.05) is 6.07 Å². The second-order valence-electron chi connectivity index (χ2n) is 6.13. The van der Waals surface area contributed by atoms with Gasteiger partial charge >= 0.3 is 0 Å². The fourth-order valence-electron chi connectivity index (χ4n) is 3.27. The number of ketones is 1. The minimum Gasteiger partial charge on any atom is -0.503 e. The Morgan fingerprint density at radius 3 is 2.64 bits per heavy atom. The van der Waals surface area contributed by atoms with Gasteiger partial charge in [0, 0.05) is 24.1 Å². The second-order valence-corrected chi connectivity index (χ2v) is 6.13. The Morgan fingerprint density at radius 1 is 1.18 bits per heavy atom. The highest BCUT2D eigenvalue weighted by atomic mass is 16.5. The number of carbonyl (C=O) groups is 2. The summed E-state index contributed by atoms with van der Waals surface area (Å²) in [5, 5.41) is 10.6. The summed E-state index contributed by atoms with van der Waals surface area (Å²) in [5.74, 6) is -1.25. The lowest BCUT2D eigenvalue weighted by molar-refractivity contribution is -0.117. The van der Waals surface area contributed by atoms with E-state index in [1.165, 1.54) is 24.3 Å². The van der Waals surface area contributed by atoms with Gasteiger partial charge in [-0.3, -0.25) is 19.5 Å². The molecule has 0 spiro atoms. The number of hydrogen-bond donors (Lipinski definition) is 1. The van der Waals surface area contributed by atoms with E-state index in [-0.39, 0.29) is 11.3 Å². The SMILES string of the molecule is COc1cccc(N2C(=O)C(O)=C(C(=O)c3ccco3)C2c2ccncc2)c1. The van der Waals surface area contributed by atoms with Crippen LogP contribution in [0, 0.1) is 0 Å². The Kier molecular flexibility index (Phi) is 4.41. The molecular weight excluding hydrogens is 360 g/mol. The van der Waals surface area contributed by atoms with E-state index in [0.29, 0.717) is 17.0 Å². The van der Waals surface area contributed by atoms with Crippen LogP contribution < -0.4 is 9.64 Å². The summed E-state index contributed by atoms with van der Waals surface area (Å²) < 4.78 is 10.4. The first-order valence-corrected chi connectivity index (χ1v) is 8.50. The quantitative estimate of drug-likeness (QED) is 0.686. The smallest absolute Gasteiger partial charge is 0.294 e. The molecule has 3 heterocycles. The van der Waals surface area contributed by atoms with Crippen LogP contribution in [0.25, 0.3) is 0 Å². The van der Waals surface area contributed by atoms with Crippen LogP contribution in [0.4, 0.5) is 5.69 Å². The van der Waals surface area contributed by atoms with Crippen LogP contribution in [0.1, 0.15) is 22.2 Å². The molecule has 140 valence electrons. The minimum atomic E-state index is -0.833. The summed E-state index contributed by atoms with van der Waals surface area (Å²) in [6, 6.07) is 12.5. The van der Waals surface area contributed by atoms with Crippen LogP contribution in [0.2, 0.25) is 0 Å². The van der Waals surface area contributed by atoms with Crippen molar-refractivity contribution in [3.63, 3.8) is 0 Å². The molecule has 1 aliphatic heterocycles. The van der Waals surface area contributed by atoms with E-state index in [2.05, 4.69) is 4.98 Å². The molecule has 1 aliphatic rings. The predicted molar refractivity (Wildman–Crippen MR) is 100 cm³/mol. The maximum absolute atomic E-state index is 13.0. The molecular formula is C21H16N2O5. The van der Waals surface area contributed by atoms with Crippen LogP contribution in [0.15, 0.2) is 82.9 Å². The number of methoxy groups -OCH3 is 1. The number of Topliss-reactive ketones (excluding diaryl/α,β-unsaturated/α-hetero) is 1. The van der Waals surface area contributed by atoms with Gasteiger partial charge in [0.2, 0.25) is 5.78 Å². The Hall–Kier alpha value is -3.87. The first-order valence-electron chi connectivity index (χ1n) is 8.50. The summed E-state index contributed by atoms with van der Waals surface area (Å²) in [4.78, 5) is 31.3. The number of pyridine rings is 1. The molecule has 1 unspecified atom stereocenters. The molecule has 3 aromatic rings. The number of rotatable bonds is 5. The van der Waals surface area contributed by atoms with Gasteiger partial charge < -0.3 is 14.3 Å². The maximum Gasteiger partial charge on any atom is 0.294 e. The van der Waals surface area contributed by atoms with Crippen molar-refractivity contribution in [3.05, 3.63) is 89.8 Å². The number of aliphatic hydroxyl groups excluding tert-OH is 1. The third kappa shape index (κ3) is 2.83. The standard InChI is InChI=1S/C21H16N2O5/c1-27-15-5-2-4-14(12-15)23-18(13-7-9-22-10-8-13)17(20(25)21(23)26)19(24)16-6-3-11-28-16/h2-12,18,25H,1H3. The van der Waals surface area contributed by atoms with Crippen LogP contribution in [-0.4, -0.2) is 28.9 Å². The van der Waals surface area contributed by atoms with E-state index in [1.807, 2.05) is 0 Å². The van der Waals surface area contributed by atoms with Gasteiger partial charge in [0.05, 0.1) is 25.0 Å². The summed E-state index contributed by atoms with van der Waals surface area (Å²) in [6.45, 7) is 0. The van der Waals surface area contributed by atoms with Gasteiger partial charge in [-0.15, -0.1) is 0 Å². The second kappa shape index (κ2) is 7.03. The number of aromatic nitrogens is 1. The molecule has 0 bridgehead atoms. The van der Waals surface area contributed by atoms with E-state index >= 15 is 0 Å². The Bertz CT molecular complexity index is 1060. The average molecular weight is 376 g/mol. The number of furan rings is 1. The number of amides is 1. The first-order chi connectivity index (χ1) is 13.6. The van der Waals surface area contributed by atoms with Crippen LogP contribution in [0.3, 0.4) is 0 Å². The van der Waals surface area contributed by atoms with E-state index in [4.69, 9.17) is 9.15 Å². The molecule has 28 heavy (non-hydrogen) atoms. The maximum atomic E-state index is 13.0. The number of aliphatic hydroxyl groups is 1. The highest BCUT2D eigenvalue weighted by Crippen LogP contribution is 2.42. The highest BCUT2D eigenvalue weighted by Gasteiger charge is 2.45. The molecule has 1 N–H and O–H groups in total. The number of hydrogen-bond acceptors (Lipinski definition) is 6. The predicted octanol–water partition coefficient (Wildman–Crippen LogP) is 3.47. The number of benzene rings is 1. The van der Waals surface area contributed by atoms with Crippen LogP contribution in [-0.2, 0) is 4.79 Å². The van der Waals surface area contributed by atoms with Crippen molar-refractivity contribution in [2.24, 2.45) is 0 Å². The van der Waals surface area contributed by atoms with Crippen molar-refractivity contribution in [2.45, 2.75) is 6.04 Å². The first kappa shape index (κ1) is 17.5. The van der Waals surface area contributed by atoms with E-state index in [0.717, 1.165) is 0 Å². The summed E-state index contributed by atoms with van der Waals surface area (Å²) in [7, 11) is 1.52. The average Bonchev–Trinajstić information content (AvgIpc) is 3.36. The lowest BCUT2D eigenvalue weighted by atomic mass is 9.95. The van der Waals surface area contributed by atoms with E-state index in [1.54, 1.807) is 54.9 Å².